The van der Waals surface area contributed by atoms with Crippen LogP contribution < -0.4 is 34.1 Å². The number of hydrogen-bond acceptors (Lipinski definition) is 3. The number of rotatable bonds is 2. The molecule has 0 heterocycles. The molecule has 3 aliphatic rings. The van der Waals surface area contributed by atoms with Gasteiger partial charge in [-0.25, -0.2) is 4.57 Å². The number of hydrogen-bond donors (Lipinski definition) is 2. The molecule has 5 nitrogen and oxygen atoms in total. The standard InChI is InChI=1S/C18H23O5P.Na/c1-18-9-8-14-13-5-3-12(23-24(20,21)22)10-11(13)2-4-15(14)16(18)6-7-17(18)19;/h3,5,10,14-16H,2,4,6-9H2,1H3,(H2,20,21,22);/q;+1/t14-,15-,16+,18+;/m1./s1. The van der Waals surface area contributed by atoms with Gasteiger partial charge in [0.1, 0.15) is 11.5 Å². The molecular formula is C18H23NaO5P+. The van der Waals surface area contributed by atoms with Crippen LogP contribution in [0.5, 0.6) is 5.75 Å². The topological polar surface area (TPSA) is 83.8 Å². The first-order valence-corrected chi connectivity index (χ1v) is 10.2. The molecular weight excluding hydrogens is 350 g/mol. The van der Waals surface area contributed by atoms with Crippen molar-refractivity contribution in [1.82, 2.24) is 0 Å². The summed E-state index contributed by atoms with van der Waals surface area (Å²) in [5, 5.41) is 0. The Balaban J connectivity index is 0.00000182. The maximum Gasteiger partial charge on any atom is 1.00 e. The molecule has 4 rings (SSSR count). The number of benzene rings is 1. The molecule has 2 N–H and O–H groups in total. The summed E-state index contributed by atoms with van der Waals surface area (Å²) in [5.41, 5.74) is 2.29. The first-order chi connectivity index (χ1) is 11.3. The Bertz CT molecular complexity index is 745. The van der Waals surface area contributed by atoms with Crippen LogP contribution in [0.25, 0.3) is 0 Å². The van der Waals surface area contributed by atoms with Crippen molar-refractivity contribution >= 4 is 13.6 Å². The molecule has 1 aromatic carbocycles. The summed E-state index contributed by atoms with van der Waals surface area (Å²) in [7, 11) is -4.52. The second kappa shape index (κ2) is 6.78. The van der Waals surface area contributed by atoms with Crippen molar-refractivity contribution in [1.29, 1.82) is 0 Å². The van der Waals surface area contributed by atoms with Crippen LogP contribution in [0.2, 0.25) is 0 Å². The number of fused-ring (bicyclic) bond motifs is 5. The minimum atomic E-state index is -4.52. The van der Waals surface area contributed by atoms with Crippen LogP contribution in [0.4, 0.5) is 0 Å². The molecule has 0 radical (unpaired) electrons. The molecule has 0 bridgehead atoms. The number of phosphoric ester groups is 1. The van der Waals surface area contributed by atoms with Gasteiger partial charge in [-0.05, 0) is 73.1 Å². The van der Waals surface area contributed by atoms with Crippen molar-refractivity contribution in [2.75, 3.05) is 0 Å². The van der Waals surface area contributed by atoms with Gasteiger partial charge in [-0.1, -0.05) is 13.0 Å². The fraction of sp³-hybridized carbons (Fsp3) is 0.611. The van der Waals surface area contributed by atoms with Gasteiger partial charge in [0.15, 0.2) is 0 Å². The third-order valence-electron chi connectivity index (χ3n) is 6.63. The molecule has 3 aliphatic carbocycles. The van der Waals surface area contributed by atoms with Crippen molar-refractivity contribution < 1.29 is 53.2 Å². The smallest absolute Gasteiger partial charge is 0.404 e. The zero-order valence-corrected chi connectivity index (χ0v) is 17.7. The molecule has 0 spiro atoms. The summed E-state index contributed by atoms with van der Waals surface area (Å²) in [6, 6.07) is 5.41. The van der Waals surface area contributed by atoms with Crippen LogP contribution in [-0.4, -0.2) is 15.6 Å². The van der Waals surface area contributed by atoms with E-state index in [1.165, 1.54) is 5.56 Å². The largest absolute Gasteiger partial charge is 1.00 e. The summed E-state index contributed by atoms with van der Waals surface area (Å²) in [4.78, 5) is 30.3. The summed E-state index contributed by atoms with van der Waals surface area (Å²) < 4.78 is 15.8. The molecule has 2 fully saturated rings. The molecule has 1 aromatic rings. The number of phosphoric acid groups is 1. The van der Waals surface area contributed by atoms with E-state index >= 15 is 0 Å². The van der Waals surface area contributed by atoms with E-state index in [-0.39, 0.29) is 40.7 Å². The summed E-state index contributed by atoms with van der Waals surface area (Å²) in [6.07, 6.45) is 5.66. The zero-order chi connectivity index (χ0) is 17.1. The van der Waals surface area contributed by atoms with Crippen LogP contribution in [0.3, 0.4) is 0 Å². The van der Waals surface area contributed by atoms with E-state index in [1.807, 2.05) is 6.07 Å². The van der Waals surface area contributed by atoms with Gasteiger partial charge in [0, 0.05) is 11.8 Å². The van der Waals surface area contributed by atoms with Crippen LogP contribution in [-0.2, 0) is 15.8 Å². The normalized spacial score (nSPS) is 33.7. The predicted molar refractivity (Wildman–Crippen MR) is 88.7 cm³/mol. The van der Waals surface area contributed by atoms with Crippen molar-refractivity contribution in [3.05, 3.63) is 29.3 Å². The molecule has 7 heteroatoms. The second-order valence-electron chi connectivity index (χ2n) is 7.78. The van der Waals surface area contributed by atoms with Crippen LogP contribution in [0.1, 0.15) is 56.1 Å². The van der Waals surface area contributed by atoms with Gasteiger partial charge in [-0.3, -0.25) is 14.6 Å². The van der Waals surface area contributed by atoms with E-state index in [0.717, 1.165) is 44.1 Å². The second-order valence-corrected chi connectivity index (χ2v) is 8.94. The van der Waals surface area contributed by atoms with E-state index in [2.05, 4.69) is 6.92 Å². The molecule has 0 aromatic heterocycles. The van der Waals surface area contributed by atoms with Gasteiger partial charge < -0.3 is 4.52 Å². The van der Waals surface area contributed by atoms with Gasteiger partial charge >= 0.3 is 37.4 Å². The Hall–Kier alpha value is -0.160. The molecule has 0 unspecified atom stereocenters. The Morgan fingerprint density at radius 3 is 2.68 bits per heavy atom. The van der Waals surface area contributed by atoms with E-state index in [4.69, 9.17) is 14.3 Å². The van der Waals surface area contributed by atoms with Gasteiger partial charge in [0.25, 0.3) is 0 Å². The maximum absolute atomic E-state index is 12.3. The summed E-state index contributed by atoms with van der Waals surface area (Å²) in [6.45, 7) is 2.16. The van der Waals surface area contributed by atoms with Gasteiger partial charge in [0.2, 0.25) is 0 Å². The van der Waals surface area contributed by atoms with Crippen LogP contribution >= 0.6 is 7.82 Å². The van der Waals surface area contributed by atoms with E-state index in [9.17, 15) is 9.36 Å². The Morgan fingerprint density at radius 2 is 1.96 bits per heavy atom. The third kappa shape index (κ3) is 3.40. The van der Waals surface area contributed by atoms with Crippen molar-refractivity contribution in [2.45, 2.75) is 51.4 Å². The molecule has 2 saturated carbocycles. The maximum atomic E-state index is 12.3. The molecule has 25 heavy (non-hydrogen) atoms. The number of ketones is 1. The fourth-order valence-corrected chi connectivity index (χ4v) is 5.91. The third-order valence-corrected chi connectivity index (χ3v) is 7.08. The monoisotopic (exact) mass is 373 g/mol. The molecule has 0 saturated heterocycles. The van der Waals surface area contributed by atoms with Gasteiger partial charge in [-0.2, -0.15) is 0 Å². The van der Waals surface area contributed by atoms with E-state index < -0.39 is 7.82 Å². The quantitative estimate of drug-likeness (QED) is 0.586. The van der Waals surface area contributed by atoms with Gasteiger partial charge in [0.05, 0.1) is 0 Å². The molecule has 4 atom stereocenters. The predicted octanol–water partition coefficient (Wildman–Crippen LogP) is 0.587. The average Bonchev–Trinajstić information content (AvgIpc) is 2.81. The van der Waals surface area contributed by atoms with Gasteiger partial charge in [-0.15, -0.1) is 0 Å². The van der Waals surface area contributed by atoms with Crippen molar-refractivity contribution in [3.8, 4) is 5.75 Å². The summed E-state index contributed by atoms with van der Waals surface area (Å²) in [5.74, 6) is 2.18. The van der Waals surface area contributed by atoms with Crippen molar-refractivity contribution in [3.63, 3.8) is 0 Å². The minimum absolute atomic E-state index is 0. The molecule has 130 valence electrons. The first kappa shape index (κ1) is 19.6. The van der Waals surface area contributed by atoms with Crippen LogP contribution in [0, 0.1) is 17.3 Å². The van der Waals surface area contributed by atoms with Crippen molar-refractivity contribution in [2.24, 2.45) is 17.3 Å². The Labute approximate surface area is 170 Å². The van der Waals surface area contributed by atoms with E-state index in [1.54, 1.807) is 12.1 Å². The number of aryl methyl sites for hydroxylation is 1. The Morgan fingerprint density at radius 1 is 1.20 bits per heavy atom. The molecule has 0 aliphatic heterocycles. The Kier molecular flexibility index (Phi) is 5.31. The minimum Gasteiger partial charge on any atom is -0.404 e. The number of Topliss-reactive ketones (excluding diaryl/α,β-unsaturated/α-hetero) is 1. The average molecular weight is 373 g/mol. The van der Waals surface area contributed by atoms with E-state index in [0.29, 0.717) is 23.5 Å². The summed E-state index contributed by atoms with van der Waals surface area (Å²) >= 11 is 0. The number of carbonyl (C=O) groups is 1. The fourth-order valence-electron chi connectivity index (χ4n) is 5.52. The van der Waals surface area contributed by atoms with Crippen LogP contribution in [0.15, 0.2) is 18.2 Å². The first-order valence-electron chi connectivity index (χ1n) is 8.69. The SMILES string of the molecule is C[C@]12CC[C@@H]3c4ccc(OP(=O)(O)O)cc4CC[C@H]3[C@@H]1CCC2=O.[Na+]. The zero-order valence-electron chi connectivity index (χ0n) is 14.8. The molecule has 0 amide bonds. The number of carbonyl (C=O) groups excluding carboxylic acids is 1.